The maximum Gasteiger partial charge on any atom is 0.418 e. The smallest absolute Gasteiger partial charge is 0.418 e. The highest BCUT2D eigenvalue weighted by atomic mass is 16.9. The average molecular weight is 304 g/mol. The van der Waals surface area contributed by atoms with Crippen LogP contribution in [0.4, 0.5) is 0 Å². The van der Waals surface area contributed by atoms with E-state index in [0.717, 1.165) is 17.7 Å². The Morgan fingerprint density at radius 1 is 1.05 bits per heavy atom. The van der Waals surface area contributed by atoms with Crippen molar-refractivity contribution in [2.45, 2.75) is 32.7 Å². The number of rotatable bonds is 7. The van der Waals surface area contributed by atoms with Gasteiger partial charge in [-0.1, -0.05) is 39.1 Å². The summed E-state index contributed by atoms with van der Waals surface area (Å²) < 4.78 is 15.4. The average Bonchev–Trinajstić information content (AvgIpc) is 2.47. The van der Waals surface area contributed by atoms with Gasteiger partial charge in [-0.05, 0) is 23.6 Å². The van der Waals surface area contributed by atoms with Crippen LogP contribution in [0.3, 0.4) is 0 Å². The number of carbonyl (C=O) groups excluding carboxylic acids is 2. The molecule has 1 rings (SSSR count). The van der Waals surface area contributed by atoms with E-state index in [0.29, 0.717) is 11.7 Å². The molecular weight excluding hydrogens is 284 g/mol. The molecule has 22 heavy (non-hydrogen) atoms. The second-order valence-electron chi connectivity index (χ2n) is 4.94. The lowest BCUT2D eigenvalue weighted by Crippen LogP contribution is -2.42. The van der Waals surface area contributed by atoms with Gasteiger partial charge >= 0.3 is 17.9 Å². The van der Waals surface area contributed by atoms with Crippen molar-refractivity contribution in [3.8, 4) is 5.75 Å². The second kappa shape index (κ2) is 7.45. The predicted molar refractivity (Wildman–Crippen MR) is 82.1 cm³/mol. The maximum atomic E-state index is 11.4. The third-order valence-electron chi connectivity index (χ3n) is 2.76. The van der Waals surface area contributed by atoms with Gasteiger partial charge in [-0.3, -0.25) is 0 Å². The number of carbonyl (C=O) groups is 2. The minimum absolute atomic E-state index is 0.373. The van der Waals surface area contributed by atoms with Gasteiger partial charge in [0.2, 0.25) is 0 Å². The lowest BCUT2D eigenvalue weighted by Gasteiger charge is -2.28. The highest BCUT2D eigenvalue weighted by Crippen LogP contribution is 2.24. The van der Waals surface area contributed by atoms with Gasteiger partial charge in [0.15, 0.2) is 0 Å². The normalized spacial score (nSPS) is 10.7. The number of esters is 2. The van der Waals surface area contributed by atoms with E-state index in [4.69, 9.17) is 14.2 Å². The minimum Gasteiger partial charge on any atom is -0.421 e. The molecule has 0 fully saturated rings. The Kier molecular flexibility index (Phi) is 5.92. The maximum absolute atomic E-state index is 11.4. The summed E-state index contributed by atoms with van der Waals surface area (Å²) in [4.78, 5) is 22.8. The zero-order valence-electron chi connectivity index (χ0n) is 13.0. The van der Waals surface area contributed by atoms with E-state index in [9.17, 15) is 9.59 Å². The summed E-state index contributed by atoms with van der Waals surface area (Å²) in [6.45, 7) is 12.0. The molecule has 0 N–H and O–H groups in total. The molecule has 0 amide bonds. The first kappa shape index (κ1) is 17.5. The summed E-state index contributed by atoms with van der Waals surface area (Å²) in [5.74, 6) is -2.70. The third kappa shape index (κ3) is 5.09. The zero-order chi connectivity index (χ0) is 16.8. The van der Waals surface area contributed by atoms with Crippen LogP contribution in [0.2, 0.25) is 0 Å². The lowest BCUT2D eigenvalue weighted by atomic mass is 10.0. The van der Waals surface area contributed by atoms with Crippen molar-refractivity contribution in [2.24, 2.45) is 0 Å². The second-order valence-corrected chi connectivity index (χ2v) is 4.94. The van der Waals surface area contributed by atoms with Crippen LogP contribution in [0, 0.1) is 0 Å². The molecule has 1 aromatic rings. The van der Waals surface area contributed by atoms with Gasteiger partial charge in [0.1, 0.15) is 5.75 Å². The monoisotopic (exact) mass is 304 g/mol. The van der Waals surface area contributed by atoms with Crippen LogP contribution in [0.25, 0.3) is 0 Å². The Bertz CT molecular complexity index is 535. The van der Waals surface area contributed by atoms with Crippen molar-refractivity contribution in [1.29, 1.82) is 0 Å². The van der Waals surface area contributed by atoms with Crippen LogP contribution < -0.4 is 4.74 Å². The van der Waals surface area contributed by atoms with Crippen molar-refractivity contribution in [3.63, 3.8) is 0 Å². The summed E-state index contributed by atoms with van der Waals surface area (Å²) in [6.07, 6.45) is 1.90. The van der Waals surface area contributed by atoms with Gasteiger partial charge in [0.25, 0.3) is 0 Å². The summed E-state index contributed by atoms with van der Waals surface area (Å²) in [5, 5.41) is 0. The van der Waals surface area contributed by atoms with Crippen LogP contribution in [0.1, 0.15) is 32.3 Å². The molecule has 0 atom stereocenters. The first-order valence-corrected chi connectivity index (χ1v) is 6.79. The predicted octanol–water partition coefficient (Wildman–Crippen LogP) is 3.32. The number of ether oxygens (including phenoxy) is 3. The van der Waals surface area contributed by atoms with Crippen LogP contribution in [-0.2, 0) is 19.1 Å². The number of hydrogen-bond donors (Lipinski definition) is 0. The van der Waals surface area contributed by atoms with E-state index >= 15 is 0 Å². The fraction of sp³-hybridized carbons (Fsp3) is 0.294. The third-order valence-corrected chi connectivity index (χ3v) is 2.76. The molecule has 0 saturated carbocycles. The van der Waals surface area contributed by atoms with Crippen molar-refractivity contribution in [2.75, 3.05) is 0 Å². The van der Waals surface area contributed by atoms with Crippen LogP contribution >= 0.6 is 0 Å². The fourth-order valence-corrected chi connectivity index (χ4v) is 1.65. The Labute approximate surface area is 130 Å². The number of hydrogen-bond acceptors (Lipinski definition) is 5. The summed E-state index contributed by atoms with van der Waals surface area (Å²) >= 11 is 0. The molecule has 0 spiro atoms. The molecule has 0 heterocycles. The van der Waals surface area contributed by atoms with Crippen molar-refractivity contribution >= 4 is 11.9 Å². The molecule has 0 aliphatic rings. The summed E-state index contributed by atoms with van der Waals surface area (Å²) in [6, 6.07) is 7.17. The van der Waals surface area contributed by atoms with Crippen molar-refractivity contribution in [1.82, 2.24) is 0 Å². The Morgan fingerprint density at radius 2 is 1.50 bits per heavy atom. The molecule has 0 saturated heterocycles. The quantitative estimate of drug-likeness (QED) is 0.439. The van der Waals surface area contributed by atoms with Crippen LogP contribution in [-0.4, -0.2) is 17.9 Å². The Hall–Kier alpha value is -2.56. The molecule has 1 aromatic carbocycles. The van der Waals surface area contributed by atoms with Gasteiger partial charge in [0.05, 0.1) is 6.92 Å². The van der Waals surface area contributed by atoms with Gasteiger partial charge in [-0.15, -0.1) is 0 Å². The SMILES string of the molecule is C=CC(=O)OC(C)(OC(=O)C=C)Oc1ccc(C(C)C)cc1. The van der Waals surface area contributed by atoms with E-state index in [-0.39, 0.29) is 0 Å². The Morgan fingerprint density at radius 3 is 1.86 bits per heavy atom. The van der Waals surface area contributed by atoms with Gasteiger partial charge in [-0.2, -0.15) is 0 Å². The molecule has 0 unspecified atom stereocenters. The molecule has 0 aliphatic carbocycles. The topological polar surface area (TPSA) is 61.8 Å². The summed E-state index contributed by atoms with van der Waals surface area (Å²) in [5.41, 5.74) is 1.13. The molecule has 0 aliphatic heterocycles. The minimum atomic E-state index is -1.91. The molecule has 5 heteroatoms. The lowest BCUT2D eigenvalue weighted by molar-refractivity contribution is -0.294. The van der Waals surface area contributed by atoms with E-state index in [2.05, 4.69) is 27.0 Å². The largest absolute Gasteiger partial charge is 0.421 e. The standard InChI is InChI=1S/C17H20O5/c1-6-15(18)21-17(5,22-16(19)7-2)20-14-10-8-13(9-11-14)12(3)4/h6-12H,1-2H2,3-5H3. The molecule has 0 bridgehead atoms. The molecule has 5 nitrogen and oxygen atoms in total. The van der Waals surface area contributed by atoms with Crippen LogP contribution in [0.15, 0.2) is 49.6 Å². The first-order valence-electron chi connectivity index (χ1n) is 6.79. The highest BCUT2D eigenvalue weighted by Gasteiger charge is 2.35. The zero-order valence-corrected chi connectivity index (χ0v) is 13.0. The van der Waals surface area contributed by atoms with E-state index in [1.54, 1.807) is 12.1 Å². The van der Waals surface area contributed by atoms with E-state index in [1.807, 2.05) is 12.1 Å². The Balaban J connectivity index is 2.95. The van der Waals surface area contributed by atoms with Gasteiger partial charge in [-0.25, -0.2) is 9.59 Å². The first-order chi connectivity index (χ1) is 10.3. The molecular formula is C17H20O5. The molecule has 118 valence electrons. The summed E-state index contributed by atoms with van der Waals surface area (Å²) in [7, 11) is 0. The van der Waals surface area contributed by atoms with E-state index < -0.39 is 17.9 Å². The van der Waals surface area contributed by atoms with Crippen molar-refractivity contribution in [3.05, 3.63) is 55.1 Å². The molecule has 0 aromatic heterocycles. The number of benzene rings is 1. The van der Waals surface area contributed by atoms with Crippen molar-refractivity contribution < 1.29 is 23.8 Å². The van der Waals surface area contributed by atoms with E-state index in [1.165, 1.54) is 6.92 Å². The van der Waals surface area contributed by atoms with Crippen LogP contribution in [0.5, 0.6) is 5.75 Å². The van der Waals surface area contributed by atoms with Gasteiger partial charge in [0, 0.05) is 12.2 Å². The highest BCUT2D eigenvalue weighted by molar-refractivity contribution is 5.83. The molecule has 0 radical (unpaired) electrons. The fourth-order valence-electron chi connectivity index (χ4n) is 1.65. The van der Waals surface area contributed by atoms with Gasteiger partial charge < -0.3 is 14.2 Å².